The smallest absolute Gasteiger partial charge is 0.416 e. The summed E-state index contributed by atoms with van der Waals surface area (Å²) in [6.45, 7) is 10.7. The first-order valence-electron chi connectivity index (χ1n) is 19.2. The molecule has 2 amide bonds. The number of likely N-dealkylation sites (N-methyl/N-ethyl adjacent to an activating group) is 1. The number of carbonyl (C=O) groups is 2. The van der Waals surface area contributed by atoms with Gasteiger partial charge in [0.1, 0.15) is 23.7 Å². The van der Waals surface area contributed by atoms with Gasteiger partial charge in [0.25, 0.3) is 5.91 Å². The van der Waals surface area contributed by atoms with Crippen LogP contribution >= 0.6 is 0 Å². The highest BCUT2D eigenvalue weighted by atomic mass is 19.4. The molecule has 58 heavy (non-hydrogen) atoms. The number of anilines is 1. The van der Waals surface area contributed by atoms with Crippen molar-refractivity contribution in [2.45, 2.75) is 26.6 Å². The van der Waals surface area contributed by atoms with E-state index >= 15 is 0 Å². The number of halogens is 3. The fourth-order valence-corrected chi connectivity index (χ4v) is 5.96. The number of aryl methyl sites for hydroxylation is 1. The Morgan fingerprint density at radius 1 is 0.828 bits per heavy atom. The van der Waals surface area contributed by atoms with Gasteiger partial charge in [0.05, 0.1) is 64.6 Å². The Bertz CT molecular complexity index is 2020. The third-order valence-corrected chi connectivity index (χ3v) is 9.21. The van der Waals surface area contributed by atoms with Gasteiger partial charge in [-0.2, -0.15) is 13.2 Å². The van der Waals surface area contributed by atoms with E-state index in [4.69, 9.17) is 23.7 Å². The highest BCUT2D eigenvalue weighted by molar-refractivity contribution is 6.04. The van der Waals surface area contributed by atoms with Crippen LogP contribution in [-0.4, -0.2) is 130 Å². The zero-order chi connectivity index (χ0) is 41.3. The summed E-state index contributed by atoms with van der Waals surface area (Å²) in [5.41, 5.74) is 2.43. The Morgan fingerprint density at radius 3 is 2.17 bits per heavy atom. The normalized spacial score (nSPS) is 13.6. The van der Waals surface area contributed by atoms with Crippen molar-refractivity contribution in [1.82, 2.24) is 24.5 Å². The highest BCUT2D eigenvalue weighted by Crippen LogP contribution is 2.35. The average Bonchev–Trinajstić information content (AvgIpc) is 3.60. The van der Waals surface area contributed by atoms with Gasteiger partial charge in [0.15, 0.2) is 0 Å². The van der Waals surface area contributed by atoms with Crippen LogP contribution in [-0.2, 0) is 36.5 Å². The van der Waals surface area contributed by atoms with Crippen molar-refractivity contribution in [1.29, 1.82) is 0 Å². The van der Waals surface area contributed by atoms with Gasteiger partial charge < -0.3 is 39.2 Å². The number of pyridine rings is 1. The molecule has 0 bridgehead atoms. The van der Waals surface area contributed by atoms with Gasteiger partial charge in [0.2, 0.25) is 5.91 Å². The molecule has 0 atom stereocenters. The van der Waals surface area contributed by atoms with E-state index in [1.165, 1.54) is 19.1 Å². The van der Waals surface area contributed by atoms with Gasteiger partial charge in [-0.3, -0.25) is 18.9 Å². The molecule has 5 rings (SSSR count). The lowest BCUT2D eigenvalue weighted by Gasteiger charge is -2.33. The van der Waals surface area contributed by atoms with Crippen molar-refractivity contribution in [2.24, 2.45) is 0 Å². The lowest BCUT2D eigenvalue weighted by molar-refractivity contribution is -0.138. The van der Waals surface area contributed by atoms with Gasteiger partial charge in [-0.1, -0.05) is 18.1 Å². The molecule has 16 heteroatoms. The van der Waals surface area contributed by atoms with Crippen LogP contribution in [0.25, 0.3) is 5.65 Å². The molecular weight excluding hydrogens is 757 g/mol. The van der Waals surface area contributed by atoms with E-state index in [9.17, 15) is 22.8 Å². The largest absolute Gasteiger partial charge is 0.491 e. The Morgan fingerprint density at radius 2 is 1.50 bits per heavy atom. The van der Waals surface area contributed by atoms with Gasteiger partial charge in [-0.05, 0) is 61.4 Å². The molecule has 2 aromatic carbocycles. The van der Waals surface area contributed by atoms with Crippen LogP contribution in [0.15, 0.2) is 60.9 Å². The maximum absolute atomic E-state index is 14.1. The van der Waals surface area contributed by atoms with E-state index in [1.807, 2.05) is 23.3 Å². The van der Waals surface area contributed by atoms with Crippen molar-refractivity contribution in [3.8, 4) is 17.6 Å². The monoisotopic (exact) mass is 808 g/mol. The number of alkyl halides is 3. The average molecular weight is 809 g/mol. The second-order valence-electron chi connectivity index (χ2n) is 13.7. The van der Waals surface area contributed by atoms with Crippen LogP contribution in [0.4, 0.5) is 18.9 Å². The Kier molecular flexibility index (Phi) is 16.9. The summed E-state index contributed by atoms with van der Waals surface area (Å²) in [4.78, 5) is 32.6. The first-order valence-corrected chi connectivity index (χ1v) is 19.2. The summed E-state index contributed by atoms with van der Waals surface area (Å²) in [6.07, 6.45) is -1.12. The number of piperazine rings is 1. The van der Waals surface area contributed by atoms with E-state index < -0.39 is 17.6 Å². The lowest BCUT2D eigenvalue weighted by Crippen LogP contribution is -2.44. The number of fused-ring (bicyclic) bond motifs is 1. The van der Waals surface area contributed by atoms with E-state index in [2.05, 4.69) is 32.4 Å². The molecule has 1 aliphatic heterocycles. The molecule has 0 unspecified atom stereocenters. The van der Waals surface area contributed by atoms with E-state index in [0.717, 1.165) is 24.7 Å². The quantitative estimate of drug-likeness (QED) is 0.0964. The van der Waals surface area contributed by atoms with Gasteiger partial charge in [-0.25, -0.2) is 4.98 Å². The van der Waals surface area contributed by atoms with Gasteiger partial charge >= 0.3 is 6.18 Å². The third kappa shape index (κ3) is 14.1. The van der Waals surface area contributed by atoms with Crippen molar-refractivity contribution in [2.75, 3.05) is 105 Å². The third-order valence-electron chi connectivity index (χ3n) is 9.21. The van der Waals surface area contributed by atoms with Crippen LogP contribution in [0.5, 0.6) is 5.75 Å². The number of carbonyl (C=O) groups excluding carboxylic acids is 2. The number of amides is 2. The predicted molar refractivity (Wildman–Crippen MR) is 212 cm³/mol. The first kappa shape index (κ1) is 44.1. The Balaban J connectivity index is 1.06. The number of imidazole rings is 1. The molecule has 3 heterocycles. The summed E-state index contributed by atoms with van der Waals surface area (Å²) < 4.78 is 71.8. The molecule has 0 spiro atoms. The molecule has 4 aromatic rings. The zero-order valence-corrected chi connectivity index (χ0v) is 33.2. The SMILES string of the molecule is CC(=O)NCCOCCOCCOCCOCCOc1ccn2c(C#Cc3cc(C(=O)Nc4ccc(CN5CCN(C)CC5)c(C(F)(F)F)c4)ccc3C)cnc2c1. The molecule has 1 aliphatic rings. The minimum Gasteiger partial charge on any atom is -0.491 e. The minimum atomic E-state index is -4.57. The summed E-state index contributed by atoms with van der Waals surface area (Å²) >= 11 is 0. The topological polar surface area (TPSA) is 128 Å². The van der Waals surface area contributed by atoms with Crippen LogP contribution in [0.3, 0.4) is 0 Å². The fraction of sp³-hybridized carbons (Fsp3) is 0.452. The number of hydrogen-bond acceptors (Lipinski definition) is 10. The van der Waals surface area contributed by atoms with Crippen molar-refractivity contribution in [3.05, 3.63) is 94.4 Å². The molecule has 1 fully saturated rings. The summed E-state index contributed by atoms with van der Waals surface area (Å²) in [6, 6.07) is 12.6. The van der Waals surface area contributed by atoms with Crippen LogP contribution in [0, 0.1) is 18.8 Å². The Hall–Kier alpha value is -5.02. The first-order chi connectivity index (χ1) is 28.0. The minimum absolute atomic E-state index is 0.0638. The number of aromatic nitrogens is 2. The number of rotatable bonds is 20. The maximum Gasteiger partial charge on any atom is 0.416 e. The van der Waals surface area contributed by atoms with Crippen molar-refractivity contribution < 1.29 is 46.4 Å². The van der Waals surface area contributed by atoms with Crippen LogP contribution < -0.4 is 15.4 Å². The molecular formula is C42H51F3N6O7. The summed E-state index contributed by atoms with van der Waals surface area (Å²) in [5, 5.41) is 5.29. The zero-order valence-electron chi connectivity index (χ0n) is 33.2. The van der Waals surface area contributed by atoms with Crippen molar-refractivity contribution in [3.63, 3.8) is 0 Å². The molecule has 13 nitrogen and oxygen atoms in total. The van der Waals surface area contributed by atoms with E-state index in [1.54, 1.807) is 42.7 Å². The molecule has 1 saturated heterocycles. The number of nitrogens with zero attached hydrogens (tertiary/aromatic N) is 4. The number of benzene rings is 2. The molecule has 0 radical (unpaired) electrons. The molecule has 0 saturated carbocycles. The van der Waals surface area contributed by atoms with Crippen molar-refractivity contribution >= 4 is 23.1 Å². The van der Waals surface area contributed by atoms with Crippen LogP contribution in [0.1, 0.15) is 45.2 Å². The van der Waals surface area contributed by atoms with E-state index in [-0.39, 0.29) is 29.3 Å². The lowest BCUT2D eigenvalue weighted by atomic mass is 10.0. The molecule has 2 N–H and O–H groups in total. The van der Waals surface area contributed by atoms with Gasteiger partial charge in [-0.15, -0.1) is 0 Å². The summed E-state index contributed by atoms with van der Waals surface area (Å²) in [5.74, 6) is 6.23. The fourth-order valence-electron chi connectivity index (χ4n) is 5.96. The second-order valence-corrected chi connectivity index (χ2v) is 13.7. The van der Waals surface area contributed by atoms with E-state index in [0.29, 0.717) is 102 Å². The standard InChI is InChI=1S/C42H51F3N6O7/c1-31-4-5-34(41(53)48-36-8-6-35(39(27-36)42(43,44)45)30-50-15-13-49(3)14-16-50)26-33(31)7-9-37-29-47-40-28-38(10-12-51(37)40)58-25-24-57-23-22-56-21-20-55-19-18-54-17-11-46-32(2)52/h4-6,8,10,12,26-29H,11,13-25,30H2,1-3H3,(H,46,52)(H,48,53). The molecule has 0 aliphatic carbocycles. The van der Waals surface area contributed by atoms with Gasteiger partial charge in [0, 0.05) is 75.3 Å². The second kappa shape index (κ2) is 22.2. The Labute approximate surface area is 336 Å². The predicted octanol–water partition coefficient (Wildman–Crippen LogP) is 4.64. The van der Waals surface area contributed by atoms with Crippen LogP contribution in [0.2, 0.25) is 0 Å². The molecule has 312 valence electrons. The number of hydrogen-bond donors (Lipinski definition) is 2. The summed E-state index contributed by atoms with van der Waals surface area (Å²) in [7, 11) is 1.99. The number of ether oxygens (including phenoxy) is 5. The highest BCUT2D eigenvalue weighted by Gasteiger charge is 2.34. The molecule has 2 aromatic heterocycles. The number of nitrogens with one attached hydrogen (secondary N) is 2. The maximum atomic E-state index is 14.1.